The van der Waals surface area contributed by atoms with Gasteiger partial charge in [-0.2, -0.15) is 0 Å². The normalized spacial score (nSPS) is 20.6. The molecule has 0 radical (unpaired) electrons. The van der Waals surface area contributed by atoms with Crippen LogP contribution in [0.4, 0.5) is 0 Å². The van der Waals surface area contributed by atoms with Gasteiger partial charge in [-0.3, -0.25) is 0 Å². The highest BCUT2D eigenvalue weighted by Gasteiger charge is 2.15. The molecule has 5 nitrogen and oxygen atoms in total. The Morgan fingerprint density at radius 2 is 2.38 bits per heavy atom. The zero-order chi connectivity index (χ0) is 5.82. The summed E-state index contributed by atoms with van der Waals surface area (Å²) in [4.78, 5) is 13.6. The van der Waals surface area contributed by atoms with Crippen molar-refractivity contribution in [1.29, 1.82) is 0 Å². The molecule has 0 bridgehead atoms. The van der Waals surface area contributed by atoms with Crippen LogP contribution < -0.4 is 0 Å². The molecule has 1 saturated heterocycles. The third-order valence-electron chi connectivity index (χ3n) is 0.604. The van der Waals surface area contributed by atoms with Crippen LogP contribution in [-0.2, 0) is 14.5 Å². The Labute approximate surface area is 46.2 Å². The quantitative estimate of drug-likeness (QED) is 0.521. The van der Waals surface area contributed by atoms with Gasteiger partial charge in [0.2, 0.25) is 0 Å². The molecular formula is C3H7NO4. The summed E-state index contributed by atoms with van der Waals surface area (Å²) in [5.74, 6) is 0. The Bertz CT molecular complexity index is 64.3. The molecular weight excluding hydrogens is 114 g/mol. The van der Waals surface area contributed by atoms with Crippen LogP contribution in [0.25, 0.3) is 0 Å². The first-order valence-electron chi connectivity index (χ1n) is 2.23. The van der Waals surface area contributed by atoms with Crippen molar-refractivity contribution in [3.05, 3.63) is 0 Å². The van der Waals surface area contributed by atoms with Gasteiger partial charge in [-0.15, -0.1) is 0 Å². The average molecular weight is 121 g/mol. The summed E-state index contributed by atoms with van der Waals surface area (Å²) in [6.45, 7) is 0.384. The Balaban J connectivity index is 1.86. The van der Waals surface area contributed by atoms with Crippen molar-refractivity contribution in [2.24, 2.45) is 0 Å². The fraction of sp³-hybridized carbons (Fsp3) is 1.00. The largest absolute Gasteiger partial charge is 0.394 e. The molecule has 1 aliphatic rings. The van der Waals surface area contributed by atoms with Gasteiger partial charge in [-0.25, -0.2) is 14.5 Å². The van der Waals surface area contributed by atoms with E-state index < -0.39 is 0 Å². The first-order valence-corrected chi connectivity index (χ1v) is 2.23. The van der Waals surface area contributed by atoms with Gasteiger partial charge in [0.25, 0.3) is 0 Å². The minimum absolute atomic E-state index is 0.0385. The van der Waals surface area contributed by atoms with Crippen molar-refractivity contribution in [1.82, 2.24) is 5.39 Å². The van der Waals surface area contributed by atoms with Gasteiger partial charge in [0.15, 0.2) is 6.79 Å². The number of aliphatic hydroxyl groups excluding tert-OH is 1. The highest BCUT2D eigenvalue weighted by Crippen LogP contribution is 2.03. The van der Waals surface area contributed by atoms with E-state index >= 15 is 0 Å². The lowest BCUT2D eigenvalue weighted by atomic mass is 10.8. The Morgan fingerprint density at radius 3 is 2.75 bits per heavy atom. The third-order valence-corrected chi connectivity index (χ3v) is 0.604. The van der Waals surface area contributed by atoms with E-state index in [2.05, 4.69) is 14.5 Å². The molecule has 0 aromatic heterocycles. The van der Waals surface area contributed by atoms with Crippen LogP contribution in [0.3, 0.4) is 0 Å². The smallest absolute Gasteiger partial charge is 0.197 e. The Kier molecular flexibility index (Phi) is 2.19. The predicted octanol–water partition coefficient (Wildman–Crippen LogP) is -0.953. The van der Waals surface area contributed by atoms with E-state index in [9.17, 15) is 0 Å². The van der Waals surface area contributed by atoms with Gasteiger partial charge >= 0.3 is 0 Å². The fourth-order valence-electron chi connectivity index (χ4n) is 0.286. The number of aliphatic hydroxyl groups is 1. The molecule has 1 heterocycles. The van der Waals surface area contributed by atoms with E-state index in [-0.39, 0.29) is 20.0 Å². The molecule has 8 heavy (non-hydrogen) atoms. The van der Waals surface area contributed by atoms with Gasteiger partial charge in [0.1, 0.15) is 0 Å². The maximum absolute atomic E-state index is 8.17. The second kappa shape index (κ2) is 2.95. The minimum atomic E-state index is -0.0385. The molecule has 0 aromatic carbocycles. The molecule has 1 N–H and O–H groups in total. The van der Waals surface area contributed by atoms with Crippen LogP contribution in [0, 0.1) is 0 Å². The predicted molar refractivity (Wildman–Crippen MR) is 21.9 cm³/mol. The summed E-state index contributed by atoms with van der Waals surface area (Å²) in [7, 11) is 0. The standard InChI is InChI=1S/C3H7NO4/c5-1-2-6-4-7-3-8-4/h5H,1-3H2. The molecule has 0 aliphatic carbocycles. The lowest BCUT2D eigenvalue weighted by molar-refractivity contribution is -0.639. The van der Waals surface area contributed by atoms with Crippen molar-refractivity contribution in [2.45, 2.75) is 0 Å². The van der Waals surface area contributed by atoms with Crippen molar-refractivity contribution in [3.63, 3.8) is 0 Å². The third kappa shape index (κ3) is 1.39. The lowest BCUT2D eigenvalue weighted by Gasteiger charge is -2.25. The van der Waals surface area contributed by atoms with Gasteiger partial charge in [-0.1, -0.05) is 0 Å². The van der Waals surface area contributed by atoms with Gasteiger partial charge in [-0.05, 0) is 0 Å². The van der Waals surface area contributed by atoms with Crippen LogP contribution in [0.2, 0.25) is 0 Å². The average Bonchev–Trinajstić information content (AvgIpc) is 1.63. The molecule has 48 valence electrons. The molecule has 0 saturated carbocycles. The summed E-state index contributed by atoms with van der Waals surface area (Å²) in [5, 5.41) is 9.03. The molecule has 1 aliphatic heterocycles. The lowest BCUT2D eigenvalue weighted by Crippen LogP contribution is -2.37. The second-order valence-corrected chi connectivity index (χ2v) is 1.16. The topological polar surface area (TPSA) is 51.2 Å². The SMILES string of the molecule is OCCON1OCO1. The van der Waals surface area contributed by atoms with E-state index in [0.717, 1.165) is 5.39 Å². The van der Waals surface area contributed by atoms with Crippen molar-refractivity contribution in [2.75, 3.05) is 20.0 Å². The van der Waals surface area contributed by atoms with Crippen LogP contribution >= 0.6 is 0 Å². The molecule has 0 amide bonds. The fourth-order valence-corrected chi connectivity index (χ4v) is 0.286. The van der Waals surface area contributed by atoms with Crippen molar-refractivity contribution >= 4 is 0 Å². The van der Waals surface area contributed by atoms with E-state index in [0.29, 0.717) is 0 Å². The van der Waals surface area contributed by atoms with E-state index in [4.69, 9.17) is 5.11 Å². The molecule has 1 fully saturated rings. The summed E-state index contributed by atoms with van der Waals surface area (Å²) in [6.07, 6.45) is 0. The second-order valence-electron chi connectivity index (χ2n) is 1.16. The molecule has 0 aromatic rings. The zero-order valence-corrected chi connectivity index (χ0v) is 4.24. The number of hydrogen-bond acceptors (Lipinski definition) is 5. The first-order chi connectivity index (χ1) is 3.93. The van der Waals surface area contributed by atoms with Gasteiger partial charge in [0.05, 0.1) is 18.6 Å². The zero-order valence-electron chi connectivity index (χ0n) is 4.24. The molecule has 0 atom stereocenters. The molecule has 0 spiro atoms. The van der Waals surface area contributed by atoms with Gasteiger partial charge in [0, 0.05) is 0 Å². The summed E-state index contributed by atoms with van der Waals surface area (Å²) in [5.41, 5.74) is 0. The van der Waals surface area contributed by atoms with E-state index in [1.807, 2.05) is 0 Å². The minimum Gasteiger partial charge on any atom is -0.394 e. The van der Waals surface area contributed by atoms with E-state index in [1.165, 1.54) is 0 Å². The molecule has 1 rings (SSSR count). The number of nitrogens with zero attached hydrogens (tertiary/aromatic N) is 1. The van der Waals surface area contributed by atoms with Crippen molar-refractivity contribution in [3.8, 4) is 0 Å². The monoisotopic (exact) mass is 121 g/mol. The van der Waals surface area contributed by atoms with E-state index in [1.54, 1.807) is 0 Å². The molecule has 5 heteroatoms. The van der Waals surface area contributed by atoms with Crippen LogP contribution in [0.1, 0.15) is 0 Å². The Morgan fingerprint density at radius 1 is 1.62 bits per heavy atom. The molecule has 0 unspecified atom stereocenters. The summed E-state index contributed by atoms with van der Waals surface area (Å²) in [6, 6.07) is 0. The first kappa shape index (κ1) is 5.93. The maximum Gasteiger partial charge on any atom is 0.197 e. The number of rotatable bonds is 3. The van der Waals surface area contributed by atoms with Crippen LogP contribution in [0.5, 0.6) is 0 Å². The van der Waals surface area contributed by atoms with Crippen LogP contribution in [-0.4, -0.2) is 30.5 Å². The highest BCUT2D eigenvalue weighted by atomic mass is 17.3. The van der Waals surface area contributed by atoms with Gasteiger partial charge < -0.3 is 5.11 Å². The maximum atomic E-state index is 8.17. The summed E-state index contributed by atoms with van der Waals surface area (Å²) >= 11 is 0. The number of hydrogen-bond donors (Lipinski definition) is 1. The Hall–Kier alpha value is -0.200. The highest BCUT2D eigenvalue weighted by molar-refractivity contribution is 4.15. The summed E-state index contributed by atoms with van der Waals surface area (Å²) < 4.78 is 0. The van der Waals surface area contributed by atoms with Crippen LogP contribution in [0.15, 0.2) is 0 Å². The van der Waals surface area contributed by atoms with Crippen molar-refractivity contribution < 1.29 is 19.6 Å².